The molecule has 26 heavy (non-hydrogen) atoms. The Hall–Kier alpha value is -2.61. The van der Waals surface area contributed by atoms with Gasteiger partial charge in [0.05, 0.1) is 12.3 Å². The molecule has 0 unspecified atom stereocenters. The minimum Gasteiger partial charge on any atom is -0.493 e. The quantitative estimate of drug-likeness (QED) is 0.512. The SMILES string of the molecule is CCCCOc1cccc2c1C(C)(C)c1c(-c3ccccn3)cccc1-2. The van der Waals surface area contributed by atoms with Gasteiger partial charge in [0.1, 0.15) is 5.75 Å². The van der Waals surface area contributed by atoms with Gasteiger partial charge in [-0.1, -0.05) is 63.6 Å². The number of benzene rings is 2. The van der Waals surface area contributed by atoms with Gasteiger partial charge in [0.15, 0.2) is 0 Å². The van der Waals surface area contributed by atoms with Crippen LogP contribution < -0.4 is 4.74 Å². The number of hydrogen-bond acceptors (Lipinski definition) is 2. The number of aromatic nitrogens is 1. The maximum Gasteiger partial charge on any atom is 0.123 e. The number of hydrogen-bond donors (Lipinski definition) is 0. The lowest BCUT2D eigenvalue weighted by Gasteiger charge is -2.26. The third kappa shape index (κ3) is 2.61. The van der Waals surface area contributed by atoms with Crippen molar-refractivity contribution in [3.05, 3.63) is 71.9 Å². The molecule has 2 nitrogen and oxygen atoms in total. The molecule has 0 radical (unpaired) electrons. The molecule has 0 fully saturated rings. The molecule has 0 saturated carbocycles. The van der Waals surface area contributed by atoms with E-state index in [0.29, 0.717) is 0 Å². The van der Waals surface area contributed by atoms with Crippen molar-refractivity contribution in [1.29, 1.82) is 0 Å². The van der Waals surface area contributed by atoms with Crippen LogP contribution in [0.3, 0.4) is 0 Å². The maximum atomic E-state index is 6.19. The molecule has 0 amide bonds. The fourth-order valence-electron chi connectivity index (χ4n) is 4.16. The number of unbranched alkanes of at least 4 members (excludes halogenated alkanes) is 1. The zero-order chi connectivity index (χ0) is 18.1. The predicted octanol–water partition coefficient (Wildman–Crippen LogP) is 6.23. The highest BCUT2D eigenvalue weighted by Gasteiger charge is 2.40. The third-order valence-corrected chi connectivity index (χ3v) is 5.33. The summed E-state index contributed by atoms with van der Waals surface area (Å²) in [5.74, 6) is 1.02. The molecule has 0 atom stereocenters. The van der Waals surface area contributed by atoms with Crippen molar-refractivity contribution in [2.24, 2.45) is 0 Å². The van der Waals surface area contributed by atoms with Crippen LogP contribution in [0.5, 0.6) is 5.75 Å². The Balaban J connectivity index is 1.88. The summed E-state index contributed by atoms with van der Waals surface area (Å²) in [6.45, 7) is 7.57. The van der Waals surface area contributed by atoms with Crippen molar-refractivity contribution in [2.45, 2.75) is 39.0 Å². The van der Waals surface area contributed by atoms with Crippen LogP contribution in [0.4, 0.5) is 0 Å². The van der Waals surface area contributed by atoms with Crippen LogP contribution in [0.1, 0.15) is 44.7 Å². The van der Waals surface area contributed by atoms with E-state index in [2.05, 4.69) is 74.3 Å². The number of nitrogens with zero attached hydrogens (tertiary/aromatic N) is 1. The van der Waals surface area contributed by atoms with Crippen LogP contribution in [-0.2, 0) is 5.41 Å². The molecule has 0 bridgehead atoms. The summed E-state index contributed by atoms with van der Waals surface area (Å²) in [6, 6.07) is 19.1. The highest BCUT2D eigenvalue weighted by atomic mass is 16.5. The van der Waals surface area contributed by atoms with Crippen LogP contribution in [0.25, 0.3) is 22.4 Å². The molecular formula is C24H25NO. The molecule has 0 spiro atoms. The minimum absolute atomic E-state index is 0.123. The summed E-state index contributed by atoms with van der Waals surface area (Å²) in [5.41, 5.74) is 7.35. The molecule has 4 rings (SSSR count). The van der Waals surface area contributed by atoms with Gasteiger partial charge in [-0.3, -0.25) is 4.98 Å². The van der Waals surface area contributed by atoms with Crippen LogP contribution in [0.2, 0.25) is 0 Å². The lowest BCUT2D eigenvalue weighted by molar-refractivity contribution is 0.303. The lowest BCUT2D eigenvalue weighted by Crippen LogP contribution is -2.18. The first-order valence-electron chi connectivity index (χ1n) is 9.46. The molecule has 1 aliphatic carbocycles. The fourth-order valence-corrected chi connectivity index (χ4v) is 4.16. The van der Waals surface area contributed by atoms with E-state index in [1.54, 1.807) is 0 Å². The summed E-state index contributed by atoms with van der Waals surface area (Å²) in [7, 11) is 0. The second kappa shape index (κ2) is 6.60. The lowest BCUT2D eigenvalue weighted by atomic mass is 9.79. The van der Waals surface area contributed by atoms with Gasteiger partial charge in [-0.25, -0.2) is 0 Å². The number of pyridine rings is 1. The van der Waals surface area contributed by atoms with Gasteiger partial charge >= 0.3 is 0 Å². The molecule has 1 heterocycles. The summed E-state index contributed by atoms with van der Waals surface area (Å²) in [4.78, 5) is 4.61. The summed E-state index contributed by atoms with van der Waals surface area (Å²) in [6.07, 6.45) is 4.09. The Morgan fingerprint density at radius 1 is 0.846 bits per heavy atom. The van der Waals surface area contributed by atoms with E-state index >= 15 is 0 Å². The maximum absolute atomic E-state index is 6.19. The monoisotopic (exact) mass is 343 g/mol. The highest BCUT2D eigenvalue weighted by molar-refractivity contribution is 5.88. The van der Waals surface area contributed by atoms with E-state index in [-0.39, 0.29) is 5.41 Å². The molecule has 2 aromatic carbocycles. The Kier molecular flexibility index (Phi) is 4.28. The van der Waals surface area contributed by atoms with Gasteiger partial charge in [-0.15, -0.1) is 0 Å². The van der Waals surface area contributed by atoms with Gasteiger partial charge in [0.25, 0.3) is 0 Å². The van der Waals surface area contributed by atoms with Crippen LogP contribution in [0, 0.1) is 0 Å². The predicted molar refractivity (Wildman–Crippen MR) is 108 cm³/mol. The zero-order valence-electron chi connectivity index (χ0n) is 15.8. The normalized spacial score (nSPS) is 14.0. The summed E-state index contributed by atoms with van der Waals surface area (Å²) < 4.78 is 6.19. The number of ether oxygens (including phenoxy) is 1. The van der Waals surface area contributed by atoms with Crippen molar-refractivity contribution < 1.29 is 4.74 Å². The van der Waals surface area contributed by atoms with Gasteiger partial charge in [-0.05, 0) is 41.3 Å². The average Bonchev–Trinajstić information content (AvgIpc) is 2.91. The van der Waals surface area contributed by atoms with Gasteiger partial charge in [0.2, 0.25) is 0 Å². The first-order chi connectivity index (χ1) is 12.6. The zero-order valence-corrected chi connectivity index (χ0v) is 15.8. The van der Waals surface area contributed by atoms with E-state index in [0.717, 1.165) is 30.9 Å². The molecule has 2 heteroatoms. The van der Waals surface area contributed by atoms with Crippen molar-refractivity contribution in [3.8, 4) is 28.1 Å². The second-order valence-electron chi connectivity index (χ2n) is 7.45. The molecule has 132 valence electrons. The summed E-state index contributed by atoms with van der Waals surface area (Å²) in [5, 5.41) is 0. The third-order valence-electron chi connectivity index (χ3n) is 5.33. The van der Waals surface area contributed by atoms with Crippen molar-refractivity contribution in [1.82, 2.24) is 4.98 Å². The largest absolute Gasteiger partial charge is 0.493 e. The van der Waals surface area contributed by atoms with E-state index in [9.17, 15) is 0 Å². The standard InChI is InChI=1S/C24H25NO/c1-4-5-16-26-21-14-9-11-18-17-10-8-12-19(20-13-6-7-15-25-20)22(17)24(2,3)23(18)21/h6-15H,4-5,16H2,1-3H3. The molecule has 3 aromatic rings. The highest BCUT2D eigenvalue weighted by Crippen LogP contribution is 2.54. The van der Waals surface area contributed by atoms with Crippen molar-refractivity contribution in [3.63, 3.8) is 0 Å². The molecule has 1 aromatic heterocycles. The fraction of sp³-hybridized carbons (Fsp3) is 0.292. The summed E-state index contributed by atoms with van der Waals surface area (Å²) >= 11 is 0. The smallest absolute Gasteiger partial charge is 0.123 e. The van der Waals surface area contributed by atoms with Gasteiger partial charge in [0, 0.05) is 22.7 Å². The van der Waals surface area contributed by atoms with Crippen molar-refractivity contribution in [2.75, 3.05) is 6.61 Å². The van der Waals surface area contributed by atoms with Crippen LogP contribution in [0.15, 0.2) is 60.8 Å². The van der Waals surface area contributed by atoms with E-state index in [4.69, 9.17) is 4.74 Å². The Morgan fingerprint density at radius 2 is 1.58 bits per heavy atom. The molecule has 0 N–H and O–H groups in total. The first kappa shape index (κ1) is 16.8. The minimum atomic E-state index is -0.123. The molecular weight excluding hydrogens is 318 g/mol. The van der Waals surface area contributed by atoms with E-state index in [1.807, 2.05) is 12.3 Å². The second-order valence-corrected chi connectivity index (χ2v) is 7.45. The van der Waals surface area contributed by atoms with Gasteiger partial charge < -0.3 is 4.74 Å². The van der Waals surface area contributed by atoms with Crippen LogP contribution in [-0.4, -0.2) is 11.6 Å². The van der Waals surface area contributed by atoms with Gasteiger partial charge in [-0.2, -0.15) is 0 Å². The Labute approximate surface area is 155 Å². The average molecular weight is 343 g/mol. The van der Waals surface area contributed by atoms with Crippen molar-refractivity contribution >= 4 is 0 Å². The Bertz CT molecular complexity index is 928. The molecule has 1 aliphatic rings. The Morgan fingerprint density at radius 3 is 2.31 bits per heavy atom. The van der Waals surface area contributed by atoms with E-state index < -0.39 is 0 Å². The first-order valence-corrected chi connectivity index (χ1v) is 9.46. The number of fused-ring (bicyclic) bond motifs is 3. The van der Waals surface area contributed by atoms with E-state index in [1.165, 1.54) is 27.8 Å². The van der Waals surface area contributed by atoms with Crippen LogP contribution >= 0.6 is 0 Å². The number of rotatable bonds is 5. The molecule has 0 aliphatic heterocycles. The molecule has 0 saturated heterocycles. The topological polar surface area (TPSA) is 22.1 Å².